The monoisotopic (exact) mass is 348 g/mol. The van der Waals surface area contributed by atoms with Gasteiger partial charge in [0.2, 0.25) is 0 Å². The van der Waals surface area contributed by atoms with Gasteiger partial charge in [-0.25, -0.2) is 4.39 Å². The third kappa shape index (κ3) is 5.02. The van der Waals surface area contributed by atoms with Crippen molar-refractivity contribution in [2.75, 3.05) is 26.2 Å². The molecule has 0 bridgehead atoms. The molecule has 1 heterocycles. The molecule has 3 rings (SSSR count). The van der Waals surface area contributed by atoms with Crippen molar-refractivity contribution in [3.05, 3.63) is 35.6 Å². The number of hydrogen-bond donors (Lipinski definition) is 1. The van der Waals surface area contributed by atoms with E-state index in [0.717, 1.165) is 50.8 Å². The quantitative estimate of drug-likeness (QED) is 0.910. The summed E-state index contributed by atoms with van der Waals surface area (Å²) < 4.78 is 13.3. The normalized spacial score (nSPS) is 21.8. The highest BCUT2D eigenvalue weighted by Crippen LogP contribution is 2.27. The molecule has 5 heteroatoms. The Morgan fingerprint density at radius 1 is 1.12 bits per heavy atom. The number of halogens is 1. The molecular formula is C20H29FN2O2. The molecule has 2 aliphatic rings. The average Bonchev–Trinajstić information content (AvgIpc) is 2.87. The van der Waals surface area contributed by atoms with E-state index in [2.05, 4.69) is 4.90 Å². The van der Waals surface area contributed by atoms with Crippen LogP contribution < -0.4 is 0 Å². The second-order valence-corrected chi connectivity index (χ2v) is 7.43. The van der Waals surface area contributed by atoms with E-state index in [1.165, 1.54) is 12.5 Å². The highest BCUT2D eigenvalue weighted by Gasteiger charge is 2.31. The topological polar surface area (TPSA) is 43.8 Å². The van der Waals surface area contributed by atoms with E-state index in [9.17, 15) is 14.3 Å². The Morgan fingerprint density at radius 3 is 2.68 bits per heavy atom. The van der Waals surface area contributed by atoms with E-state index in [0.29, 0.717) is 19.6 Å². The van der Waals surface area contributed by atoms with Crippen molar-refractivity contribution in [1.29, 1.82) is 0 Å². The summed E-state index contributed by atoms with van der Waals surface area (Å²) in [6.07, 6.45) is 5.44. The van der Waals surface area contributed by atoms with Crippen molar-refractivity contribution in [3.8, 4) is 0 Å². The lowest BCUT2D eigenvalue weighted by molar-refractivity contribution is -0.143. The Labute approximate surface area is 149 Å². The van der Waals surface area contributed by atoms with Gasteiger partial charge >= 0.3 is 0 Å². The second-order valence-electron chi connectivity index (χ2n) is 7.43. The summed E-state index contributed by atoms with van der Waals surface area (Å²) in [5.41, 5.74) is 0.960. The van der Waals surface area contributed by atoms with Crippen LogP contribution in [-0.2, 0) is 11.3 Å². The zero-order valence-corrected chi connectivity index (χ0v) is 14.9. The van der Waals surface area contributed by atoms with Crippen molar-refractivity contribution >= 4 is 5.91 Å². The molecule has 1 saturated heterocycles. The highest BCUT2D eigenvalue weighted by molar-refractivity contribution is 5.81. The molecule has 138 valence electrons. The standard InChI is InChI=1S/C20H29FN2O2/c21-18-9-4-6-16(14-18)15-22-10-5-11-23(13-12-22)20(25)19(24)17-7-2-1-3-8-17/h4,6,9,14,17,19,24H,1-3,5,7-8,10-13,15H2/t19-/m1/s1. The molecule has 0 aromatic heterocycles. The number of nitrogens with zero attached hydrogens (tertiary/aromatic N) is 2. The Bertz CT molecular complexity index is 575. The molecule has 0 spiro atoms. The van der Waals surface area contributed by atoms with Gasteiger partial charge in [0.05, 0.1) is 0 Å². The molecule has 1 aromatic carbocycles. The molecular weight excluding hydrogens is 319 g/mol. The van der Waals surface area contributed by atoms with Crippen molar-refractivity contribution in [2.24, 2.45) is 5.92 Å². The van der Waals surface area contributed by atoms with Crippen LogP contribution in [0.25, 0.3) is 0 Å². The zero-order valence-electron chi connectivity index (χ0n) is 14.9. The molecule has 2 fully saturated rings. The summed E-state index contributed by atoms with van der Waals surface area (Å²) >= 11 is 0. The van der Waals surface area contributed by atoms with Gasteiger partial charge in [-0.15, -0.1) is 0 Å². The summed E-state index contributed by atoms with van der Waals surface area (Å²) in [5.74, 6) is -0.174. The van der Waals surface area contributed by atoms with Gasteiger partial charge in [0.1, 0.15) is 11.9 Å². The summed E-state index contributed by atoms with van der Waals surface area (Å²) in [5, 5.41) is 10.5. The highest BCUT2D eigenvalue weighted by atomic mass is 19.1. The van der Waals surface area contributed by atoms with Gasteiger partial charge in [-0.3, -0.25) is 9.69 Å². The van der Waals surface area contributed by atoms with Crippen LogP contribution in [0, 0.1) is 11.7 Å². The fourth-order valence-corrected chi connectivity index (χ4v) is 4.08. The Morgan fingerprint density at radius 2 is 1.92 bits per heavy atom. The fraction of sp³-hybridized carbons (Fsp3) is 0.650. The Kier molecular flexibility index (Phi) is 6.43. The van der Waals surface area contributed by atoms with Gasteiger partial charge in [0.25, 0.3) is 5.91 Å². The van der Waals surface area contributed by atoms with E-state index in [-0.39, 0.29) is 17.6 Å². The van der Waals surface area contributed by atoms with Gasteiger partial charge in [-0.05, 0) is 42.9 Å². The largest absolute Gasteiger partial charge is 0.383 e. The molecule has 0 radical (unpaired) electrons. The summed E-state index contributed by atoms with van der Waals surface area (Å²) in [6.45, 7) is 3.69. The number of carbonyl (C=O) groups is 1. The first kappa shape index (κ1) is 18.3. The number of amides is 1. The van der Waals surface area contributed by atoms with Crippen LogP contribution >= 0.6 is 0 Å². The molecule has 1 aliphatic carbocycles. The Balaban J connectivity index is 1.53. The van der Waals surface area contributed by atoms with Crippen molar-refractivity contribution < 1.29 is 14.3 Å². The van der Waals surface area contributed by atoms with E-state index >= 15 is 0 Å². The molecule has 1 atom stereocenters. The first-order valence-corrected chi connectivity index (χ1v) is 9.57. The molecule has 1 amide bonds. The minimum atomic E-state index is -0.838. The third-order valence-electron chi connectivity index (χ3n) is 5.54. The van der Waals surface area contributed by atoms with Crippen LogP contribution in [0.2, 0.25) is 0 Å². The molecule has 4 nitrogen and oxygen atoms in total. The number of rotatable bonds is 4. The maximum atomic E-state index is 13.3. The molecule has 0 unspecified atom stereocenters. The summed E-state index contributed by atoms with van der Waals surface area (Å²) in [4.78, 5) is 16.8. The Hall–Kier alpha value is -1.46. The van der Waals surface area contributed by atoms with Crippen LogP contribution in [0.4, 0.5) is 4.39 Å². The SMILES string of the molecule is O=C([C@H](O)C1CCCCC1)N1CCCN(Cc2cccc(F)c2)CC1. The van der Waals surface area contributed by atoms with Crippen molar-refractivity contribution in [3.63, 3.8) is 0 Å². The minimum Gasteiger partial charge on any atom is -0.383 e. The van der Waals surface area contributed by atoms with Crippen LogP contribution in [0.1, 0.15) is 44.1 Å². The maximum absolute atomic E-state index is 13.3. The number of aliphatic hydroxyl groups excluding tert-OH is 1. The van der Waals surface area contributed by atoms with Gasteiger partial charge in [-0.2, -0.15) is 0 Å². The van der Waals surface area contributed by atoms with Crippen LogP contribution in [0.5, 0.6) is 0 Å². The zero-order chi connectivity index (χ0) is 17.6. The molecule has 1 aliphatic heterocycles. The minimum absolute atomic E-state index is 0.0977. The van der Waals surface area contributed by atoms with E-state index in [4.69, 9.17) is 0 Å². The first-order chi connectivity index (χ1) is 12.1. The van der Waals surface area contributed by atoms with Gasteiger partial charge < -0.3 is 10.0 Å². The van der Waals surface area contributed by atoms with E-state index in [1.54, 1.807) is 12.1 Å². The summed E-state index contributed by atoms with van der Waals surface area (Å²) in [7, 11) is 0. The summed E-state index contributed by atoms with van der Waals surface area (Å²) in [6, 6.07) is 6.70. The molecule has 1 saturated carbocycles. The molecule has 25 heavy (non-hydrogen) atoms. The van der Waals surface area contributed by atoms with Crippen LogP contribution in [0.15, 0.2) is 24.3 Å². The molecule has 1 aromatic rings. The second kappa shape index (κ2) is 8.77. The predicted molar refractivity (Wildman–Crippen MR) is 95.5 cm³/mol. The van der Waals surface area contributed by atoms with E-state index < -0.39 is 6.10 Å². The van der Waals surface area contributed by atoms with Crippen molar-refractivity contribution in [1.82, 2.24) is 9.80 Å². The van der Waals surface area contributed by atoms with Crippen molar-refractivity contribution in [2.45, 2.75) is 51.2 Å². The number of carbonyl (C=O) groups excluding carboxylic acids is 1. The van der Waals surface area contributed by atoms with Crippen LogP contribution in [0.3, 0.4) is 0 Å². The lowest BCUT2D eigenvalue weighted by atomic mass is 9.85. The number of hydrogen-bond acceptors (Lipinski definition) is 3. The lowest BCUT2D eigenvalue weighted by Gasteiger charge is -2.30. The lowest BCUT2D eigenvalue weighted by Crippen LogP contribution is -2.44. The fourth-order valence-electron chi connectivity index (χ4n) is 4.08. The number of aliphatic hydroxyl groups is 1. The maximum Gasteiger partial charge on any atom is 0.251 e. The smallest absolute Gasteiger partial charge is 0.251 e. The third-order valence-corrected chi connectivity index (χ3v) is 5.54. The van der Waals surface area contributed by atoms with Crippen LogP contribution in [-0.4, -0.2) is 53.1 Å². The van der Waals surface area contributed by atoms with E-state index in [1.807, 2.05) is 11.0 Å². The predicted octanol–water partition coefficient (Wildman–Crippen LogP) is 2.80. The first-order valence-electron chi connectivity index (χ1n) is 9.57. The van der Waals surface area contributed by atoms with Gasteiger partial charge in [0, 0.05) is 32.7 Å². The number of benzene rings is 1. The average molecular weight is 348 g/mol. The van der Waals surface area contributed by atoms with Gasteiger partial charge in [0.15, 0.2) is 0 Å². The molecule has 1 N–H and O–H groups in total. The van der Waals surface area contributed by atoms with Gasteiger partial charge in [-0.1, -0.05) is 31.4 Å².